The molecule has 1 fully saturated rings. The zero-order valence-corrected chi connectivity index (χ0v) is 10.1. The molecule has 0 saturated heterocycles. The number of hydrogen-bond acceptors (Lipinski definition) is 2. The quantitative estimate of drug-likeness (QED) is 0.800. The predicted octanol–water partition coefficient (Wildman–Crippen LogP) is 4.29. The lowest BCUT2D eigenvalue weighted by Crippen LogP contribution is -1.77. The highest BCUT2D eigenvalue weighted by Crippen LogP contribution is 2.41. The molecule has 1 saturated carbocycles. The molecular weight excluding hydrogens is 245 g/mol. The van der Waals surface area contributed by atoms with E-state index < -0.39 is 0 Å². The van der Waals surface area contributed by atoms with Crippen LogP contribution in [0.3, 0.4) is 0 Å². The Morgan fingerprint density at radius 2 is 2.00 bits per heavy atom. The number of benzene rings is 1. The van der Waals surface area contributed by atoms with Crippen LogP contribution in [0.5, 0.6) is 0 Å². The second-order valence-corrected chi connectivity index (χ2v) is 4.28. The number of halogens is 2. The highest BCUT2D eigenvalue weighted by Gasteiger charge is 2.28. The molecule has 0 atom stereocenters. The molecule has 1 aromatic heterocycles. The Bertz CT molecular complexity index is 491. The third-order valence-electron chi connectivity index (χ3n) is 2.66. The molecule has 0 unspecified atom stereocenters. The molecule has 1 aliphatic rings. The van der Waals surface area contributed by atoms with Crippen molar-refractivity contribution in [3.05, 3.63) is 41.1 Å². The van der Waals surface area contributed by atoms with Gasteiger partial charge in [0.05, 0.1) is 5.02 Å². The van der Waals surface area contributed by atoms with Crippen LogP contribution < -0.4 is 0 Å². The van der Waals surface area contributed by atoms with E-state index in [2.05, 4.69) is 5.16 Å². The van der Waals surface area contributed by atoms with E-state index in [1.807, 2.05) is 30.3 Å². The zero-order chi connectivity index (χ0) is 10.3. The summed E-state index contributed by atoms with van der Waals surface area (Å²) in [4.78, 5) is 0. The molecule has 2 aromatic rings. The molecule has 0 radical (unpaired) electrons. The van der Waals surface area contributed by atoms with E-state index in [0.717, 1.165) is 17.0 Å². The first-order valence-corrected chi connectivity index (χ1v) is 5.44. The van der Waals surface area contributed by atoms with E-state index in [9.17, 15) is 0 Å². The Hall–Kier alpha value is -0.990. The minimum absolute atomic E-state index is 0. The maximum Gasteiger partial charge on any atom is 0.140 e. The van der Waals surface area contributed by atoms with Crippen molar-refractivity contribution in [2.24, 2.45) is 0 Å². The molecule has 2 nitrogen and oxygen atoms in total. The van der Waals surface area contributed by atoms with Crippen LogP contribution >= 0.6 is 24.0 Å². The maximum atomic E-state index is 6.08. The van der Waals surface area contributed by atoms with Crippen molar-refractivity contribution in [2.75, 3.05) is 0 Å². The first kappa shape index (κ1) is 11.5. The van der Waals surface area contributed by atoms with E-state index in [1.165, 1.54) is 12.8 Å². The fourth-order valence-electron chi connectivity index (χ4n) is 1.65. The van der Waals surface area contributed by atoms with E-state index in [-0.39, 0.29) is 12.4 Å². The van der Waals surface area contributed by atoms with E-state index in [0.29, 0.717) is 10.9 Å². The lowest BCUT2D eigenvalue weighted by atomic mass is 10.1. The van der Waals surface area contributed by atoms with Gasteiger partial charge < -0.3 is 4.52 Å². The average molecular weight is 256 g/mol. The predicted molar refractivity (Wildman–Crippen MR) is 66.2 cm³/mol. The molecule has 16 heavy (non-hydrogen) atoms. The van der Waals surface area contributed by atoms with Crippen molar-refractivity contribution in [2.45, 2.75) is 18.8 Å². The molecular formula is C12H11Cl2NO. The molecule has 0 amide bonds. The lowest BCUT2D eigenvalue weighted by molar-refractivity contribution is 0.386. The van der Waals surface area contributed by atoms with E-state index in [4.69, 9.17) is 16.1 Å². The molecule has 4 heteroatoms. The second kappa shape index (κ2) is 4.48. The van der Waals surface area contributed by atoms with Crippen LogP contribution in [0.4, 0.5) is 0 Å². The highest BCUT2D eigenvalue weighted by molar-refractivity contribution is 6.33. The molecule has 3 rings (SSSR count). The zero-order valence-electron chi connectivity index (χ0n) is 8.52. The number of nitrogens with zero attached hydrogens (tertiary/aromatic N) is 1. The summed E-state index contributed by atoms with van der Waals surface area (Å²) in [5.41, 5.74) is 1.78. The summed E-state index contributed by atoms with van der Waals surface area (Å²) in [5, 5.41) is 4.76. The van der Waals surface area contributed by atoms with Crippen molar-refractivity contribution in [1.82, 2.24) is 5.16 Å². The van der Waals surface area contributed by atoms with Crippen LogP contribution in [0.25, 0.3) is 11.3 Å². The summed E-state index contributed by atoms with van der Waals surface area (Å²) >= 11 is 6.08. The van der Waals surface area contributed by atoms with Crippen LogP contribution in [0.1, 0.15) is 24.5 Å². The van der Waals surface area contributed by atoms with E-state index >= 15 is 0 Å². The molecule has 1 aliphatic carbocycles. The van der Waals surface area contributed by atoms with Gasteiger partial charge in [0, 0.05) is 17.5 Å². The van der Waals surface area contributed by atoms with Gasteiger partial charge in [0.2, 0.25) is 0 Å². The van der Waals surface area contributed by atoms with Gasteiger partial charge in [-0.3, -0.25) is 0 Å². The molecule has 84 valence electrons. The van der Waals surface area contributed by atoms with Crippen molar-refractivity contribution in [1.29, 1.82) is 0 Å². The van der Waals surface area contributed by atoms with Gasteiger partial charge in [-0.2, -0.15) is 0 Å². The fraction of sp³-hybridized carbons (Fsp3) is 0.250. The van der Waals surface area contributed by atoms with Crippen LogP contribution in [0.2, 0.25) is 5.02 Å². The molecule has 1 aromatic carbocycles. The molecule has 0 aliphatic heterocycles. The Kier molecular flexibility index (Phi) is 3.22. The topological polar surface area (TPSA) is 26.0 Å². The van der Waals surface area contributed by atoms with Crippen LogP contribution in [-0.4, -0.2) is 5.16 Å². The maximum absolute atomic E-state index is 6.08. The second-order valence-electron chi connectivity index (χ2n) is 3.87. The minimum Gasteiger partial charge on any atom is -0.360 e. The van der Waals surface area contributed by atoms with Gasteiger partial charge in [-0.05, 0) is 18.9 Å². The molecule has 0 bridgehead atoms. The fourth-order valence-corrected chi connectivity index (χ4v) is 1.88. The van der Waals surface area contributed by atoms with Gasteiger partial charge in [0.25, 0.3) is 0 Å². The van der Waals surface area contributed by atoms with Gasteiger partial charge in [0.1, 0.15) is 11.5 Å². The van der Waals surface area contributed by atoms with Gasteiger partial charge in [0.15, 0.2) is 0 Å². The van der Waals surface area contributed by atoms with Crippen molar-refractivity contribution in [3.8, 4) is 11.3 Å². The Morgan fingerprint density at radius 3 is 2.69 bits per heavy atom. The van der Waals surface area contributed by atoms with Crippen LogP contribution in [0, 0.1) is 0 Å². The van der Waals surface area contributed by atoms with E-state index in [1.54, 1.807) is 0 Å². The van der Waals surface area contributed by atoms with Crippen molar-refractivity contribution in [3.63, 3.8) is 0 Å². The van der Waals surface area contributed by atoms with Gasteiger partial charge in [-0.15, -0.1) is 12.4 Å². The molecule has 0 spiro atoms. The van der Waals surface area contributed by atoms with Crippen LogP contribution in [-0.2, 0) is 0 Å². The van der Waals surface area contributed by atoms with Gasteiger partial charge >= 0.3 is 0 Å². The minimum atomic E-state index is 0. The highest BCUT2D eigenvalue weighted by atomic mass is 35.5. The summed E-state index contributed by atoms with van der Waals surface area (Å²) in [7, 11) is 0. The van der Waals surface area contributed by atoms with Gasteiger partial charge in [-0.25, -0.2) is 0 Å². The smallest absolute Gasteiger partial charge is 0.140 e. The number of rotatable bonds is 2. The normalized spacial score (nSPS) is 14.6. The Balaban J connectivity index is 0.000000963. The Labute approximate surface area is 105 Å². The standard InChI is InChI=1S/C12H10ClNO.ClH/c13-10-4-2-1-3-9(10)11-7-12(15-14-11)8-5-6-8;/h1-4,7-8H,5-6H2;1H. The third-order valence-corrected chi connectivity index (χ3v) is 2.99. The monoisotopic (exact) mass is 255 g/mol. The summed E-state index contributed by atoms with van der Waals surface area (Å²) in [6.45, 7) is 0. The van der Waals surface area contributed by atoms with Crippen molar-refractivity contribution < 1.29 is 4.52 Å². The van der Waals surface area contributed by atoms with Crippen molar-refractivity contribution >= 4 is 24.0 Å². The average Bonchev–Trinajstić information content (AvgIpc) is 2.99. The summed E-state index contributed by atoms with van der Waals surface area (Å²) in [5.74, 6) is 1.58. The first-order chi connectivity index (χ1) is 7.34. The third kappa shape index (κ3) is 2.08. The van der Waals surface area contributed by atoms with Crippen LogP contribution in [0.15, 0.2) is 34.9 Å². The summed E-state index contributed by atoms with van der Waals surface area (Å²) in [6, 6.07) is 9.68. The summed E-state index contributed by atoms with van der Waals surface area (Å²) in [6.07, 6.45) is 2.44. The number of hydrogen-bond donors (Lipinski definition) is 0. The largest absolute Gasteiger partial charge is 0.360 e. The Morgan fingerprint density at radius 1 is 1.25 bits per heavy atom. The first-order valence-electron chi connectivity index (χ1n) is 5.06. The number of aromatic nitrogens is 1. The lowest BCUT2D eigenvalue weighted by Gasteiger charge is -1.96. The van der Waals surface area contributed by atoms with Gasteiger partial charge in [-0.1, -0.05) is 35.0 Å². The summed E-state index contributed by atoms with van der Waals surface area (Å²) < 4.78 is 5.29. The molecule has 0 N–H and O–H groups in total. The molecule has 1 heterocycles. The SMILES string of the molecule is Cl.Clc1ccccc1-c1cc(C2CC2)on1.